The summed E-state index contributed by atoms with van der Waals surface area (Å²) in [5.74, 6) is 0. The van der Waals surface area contributed by atoms with Crippen molar-refractivity contribution < 1.29 is 0 Å². The average molecular weight is 693 g/mol. The smallest absolute Gasteiger partial charge is 0.00927 e. The minimum Gasteiger partial charge on any atom is -0.0616 e. The van der Waals surface area contributed by atoms with E-state index in [1.54, 1.807) is 0 Å². The van der Waals surface area contributed by atoms with Crippen LogP contribution < -0.4 is 0 Å². The van der Waals surface area contributed by atoms with Gasteiger partial charge in [0, 0.05) is 0 Å². The summed E-state index contributed by atoms with van der Waals surface area (Å²) in [7, 11) is 0. The average Bonchev–Trinajstić information content (AvgIpc) is 3.18. The van der Waals surface area contributed by atoms with Crippen LogP contribution in [0.1, 0.15) is 52.7 Å². The summed E-state index contributed by atoms with van der Waals surface area (Å²) >= 11 is 0. The van der Waals surface area contributed by atoms with Crippen LogP contribution in [-0.4, -0.2) is 0 Å². The molecule has 0 heteroatoms. The van der Waals surface area contributed by atoms with Crippen LogP contribution in [0.4, 0.5) is 0 Å². The Morgan fingerprint density at radius 2 is 0.574 bits per heavy atom. The van der Waals surface area contributed by atoms with Crippen molar-refractivity contribution in [3.8, 4) is 22.3 Å². The highest BCUT2D eigenvalue weighted by atomic mass is 14.2. The topological polar surface area (TPSA) is 0 Å². The van der Waals surface area contributed by atoms with Gasteiger partial charge in [-0.2, -0.15) is 0 Å². The molecule has 0 aliphatic rings. The van der Waals surface area contributed by atoms with Gasteiger partial charge in [-0.1, -0.05) is 163 Å². The zero-order chi connectivity index (χ0) is 36.9. The van der Waals surface area contributed by atoms with Gasteiger partial charge in [-0.25, -0.2) is 0 Å². The molecule has 0 saturated carbocycles. The molecule has 0 radical (unpaired) electrons. The van der Waals surface area contributed by atoms with Gasteiger partial charge in [0.15, 0.2) is 0 Å². The highest BCUT2D eigenvalue weighted by Gasteiger charge is 2.19. The first-order valence-corrected chi connectivity index (χ1v) is 19.3. The fourth-order valence-corrected chi connectivity index (χ4v) is 8.71. The first-order valence-electron chi connectivity index (χ1n) is 19.3. The highest BCUT2D eigenvalue weighted by Crippen LogP contribution is 2.42. The third-order valence-electron chi connectivity index (χ3n) is 11.9. The minimum atomic E-state index is 0.0585. The van der Waals surface area contributed by atoms with Crippen LogP contribution in [0.3, 0.4) is 0 Å². The molecule has 0 heterocycles. The number of hydrogen-bond acceptors (Lipinski definition) is 0. The number of rotatable bonds is 2. The van der Waals surface area contributed by atoms with E-state index < -0.39 is 0 Å². The molecule has 0 amide bonds. The van der Waals surface area contributed by atoms with Gasteiger partial charge in [0.05, 0.1) is 0 Å². The Morgan fingerprint density at radius 1 is 0.241 bits per heavy atom. The summed E-state index contributed by atoms with van der Waals surface area (Å²) in [6, 6.07) is 60.0. The fraction of sp³-hybridized carbons (Fsp3) is 0.148. The van der Waals surface area contributed by atoms with Crippen LogP contribution in [-0.2, 0) is 10.8 Å². The summed E-state index contributed by atoms with van der Waals surface area (Å²) in [5, 5.41) is 18.2. The van der Waals surface area contributed by atoms with Crippen molar-refractivity contribution in [1.29, 1.82) is 0 Å². The van der Waals surface area contributed by atoms with Gasteiger partial charge in [0.1, 0.15) is 0 Å². The Bertz CT molecular complexity index is 3160. The Labute approximate surface area is 317 Å². The maximum atomic E-state index is 2.45. The second-order valence-electron chi connectivity index (χ2n) is 17.4. The first-order chi connectivity index (χ1) is 26.0. The molecule has 0 aromatic heterocycles. The van der Waals surface area contributed by atoms with Crippen molar-refractivity contribution in [2.24, 2.45) is 0 Å². The van der Waals surface area contributed by atoms with Crippen molar-refractivity contribution in [2.75, 3.05) is 0 Å². The lowest BCUT2D eigenvalue weighted by molar-refractivity contribution is 0.591. The molecule has 0 N–H and O–H groups in total. The summed E-state index contributed by atoms with van der Waals surface area (Å²) < 4.78 is 0. The van der Waals surface area contributed by atoms with E-state index in [4.69, 9.17) is 0 Å². The molecular formula is C54H44. The predicted octanol–water partition coefficient (Wildman–Crippen LogP) is 15.7. The lowest BCUT2D eigenvalue weighted by atomic mass is 9.82. The van der Waals surface area contributed by atoms with Gasteiger partial charge in [0.2, 0.25) is 0 Å². The van der Waals surface area contributed by atoms with Crippen LogP contribution in [0.5, 0.6) is 0 Å². The molecular weight excluding hydrogens is 649 g/mol. The van der Waals surface area contributed by atoms with Crippen molar-refractivity contribution in [3.63, 3.8) is 0 Å². The Balaban J connectivity index is 1.17. The van der Waals surface area contributed by atoms with Crippen molar-refractivity contribution in [1.82, 2.24) is 0 Å². The van der Waals surface area contributed by atoms with Crippen molar-refractivity contribution >= 4 is 75.4 Å². The normalized spacial score (nSPS) is 12.6. The molecule has 0 spiro atoms. The van der Waals surface area contributed by atoms with Crippen molar-refractivity contribution in [2.45, 2.75) is 52.4 Å². The lowest BCUT2D eigenvalue weighted by Gasteiger charge is -2.22. The van der Waals surface area contributed by atoms with Crippen LogP contribution in [0.25, 0.3) is 97.7 Å². The van der Waals surface area contributed by atoms with E-state index in [2.05, 4.69) is 199 Å². The molecule has 0 nitrogen and oxygen atoms in total. The van der Waals surface area contributed by atoms with Gasteiger partial charge >= 0.3 is 0 Å². The van der Waals surface area contributed by atoms with Gasteiger partial charge in [0.25, 0.3) is 0 Å². The van der Waals surface area contributed by atoms with Crippen LogP contribution in [0.15, 0.2) is 158 Å². The first kappa shape index (κ1) is 32.7. The molecule has 10 aromatic carbocycles. The van der Waals surface area contributed by atoms with E-state index in [1.165, 1.54) is 109 Å². The molecule has 0 aliphatic carbocycles. The SMILES string of the molecule is CC(C)(C)c1ccc2c3ccc(C(C)(C)C)cc3c3cc(-c4ccc5ccc6c7cc(-c8ccc9ccccc9c8)ccc7ccc6c5c4)ccc3c2c1. The summed E-state index contributed by atoms with van der Waals surface area (Å²) in [6.45, 7) is 13.9. The Hall–Kier alpha value is -5.98. The molecule has 10 rings (SSSR count). The Morgan fingerprint density at radius 3 is 1.11 bits per heavy atom. The highest BCUT2D eigenvalue weighted by molar-refractivity contribution is 6.26. The molecule has 0 bridgehead atoms. The monoisotopic (exact) mass is 692 g/mol. The molecule has 54 heavy (non-hydrogen) atoms. The second kappa shape index (κ2) is 11.8. The molecule has 0 aliphatic heterocycles. The van der Waals surface area contributed by atoms with E-state index in [-0.39, 0.29) is 10.8 Å². The quantitative estimate of drug-likeness (QED) is 0.158. The standard InChI is InChI=1S/C54H44/c1-53(2,3)41-20-25-45-46-26-21-42(54(4,5)6)32-52(46)50-30-40(19-24-47(50)51(45)31-41)39-16-13-35-18-22-43-44(49(35)29-39)23-17-34-12-15-38(28-48(34)43)37-14-11-33-9-7-8-10-36(33)27-37/h7-32H,1-6H3. The minimum absolute atomic E-state index is 0.0585. The molecule has 0 saturated heterocycles. The molecule has 0 atom stereocenters. The zero-order valence-electron chi connectivity index (χ0n) is 32.0. The Kier molecular flexibility index (Phi) is 7.11. The molecule has 10 aromatic rings. The largest absolute Gasteiger partial charge is 0.0616 e. The van der Waals surface area contributed by atoms with Crippen LogP contribution in [0, 0.1) is 0 Å². The van der Waals surface area contributed by atoms with E-state index in [0.29, 0.717) is 0 Å². The number of fused-ring (bicyclic) bond motifs is 12. The summed E-state index contributed by atoms with van der Waals surface area (Å²) in [5.41, 5.74) is 7.84. The van der Waals surface area contributed by atoms with E-state index in [9.17, 15) is 0 Å². The zero-order valence-corrected chi connectivity index (χ0v) is 32.0. The van der Waals surface area contributed by atoms with Gasteiger partial charge in [-0.05, 0) is 156 Å². The summed E-state index contributed by atoms with van der Waals surface area (Å²) in [6.07, 6.45) is 0. The maximum Gasteiger partial charge on any atom is -0.00927 e. The molecule has 0 unspecified atom stereocenters. The van der Waals surface area contributed by atoms with Crippen LogP contribution >= 0.6 is 0 Å². The third-order valence-corrected chi connectivity index (χ3v) is 11.9. The molecule has 260 valence electrons. The van der Waals surface area contributed by atoms with E-state index in [1.807, 2.05) is 0 Å². The second-order valence-corrected chi connectivity index (χ2v) is 17.4. The predicted molar refractivity (Wildman–Crippen MR) is 237 cm³/mol. The third kappa shape index (κ3) is 5.27. The van der Waals surface area contributed by atoms with Crippen LogP contribution in [0.2, 0.25) is 0 Å². The number of benzene rings is 10. The summed E-state index contributed by atoms with van der Waals surface area (Å²) in [4.78, 5) is 0. The molecule has 0 fully saturated rings. The lowest BCUT2D eigenvalue weighted by Crippen LogP contribution is -2.11. The fourth-order valence-electron chi connectivity index (χ4n) is 8.71. The maximum absolute atomic E-state index is 2.45. The number of hydrogen-bond donors (Lipinski definition) is 0. The van der Waals surface area contributed by atoms with Gasteiger partial charge < -0.3 is 0 Å². The van der Waals surface area contributed by atoms with E-state index >= 15 is 0 Å². The van der Waals surface area contributed by atoms with Crippen molar-refractivity contribution in [3.05, 3.63) is 169 Å². The van der Waals surface area contributed by atoms with E-state index in [0.717, 1.165) is 0 Å². The van der Waals surface area contributed by atoms with Gasteiger partial charge in [-0.3, -0.25) is 0 Å². The van der Waals surface area contributed by atoms with Gasteiger partial charge in [-0.15, -0.1) is 0 Å².